The summed E-state index contributed by atoms with van der Waals surface area (Å²) >= 11 is 1.55. The van der Waals surface area contributed by atoms with Crippen molar-refractivity contribution in [2.24, 2.45) is 0 Å². The van der Waals surface area contributed by atoms with Gasteiger partial charge in [-0.2, -0.15) is 0 Å². The Kier molecular flexibility index (Phi) is 2.87. The molecule has 15 heavy (non-hydrogen) atoms. The fourth-order valence-corrected chi connectivity index (χ4v) is 2.06. The van der Waals surface area contributed by atoms with Crippen LogP contribution in [0.3, 0.4) is 0 Å². The van der Waals surface area contributed by atoms with E-state index < -0.39 is 0 Å². The largest absolute Gasteiger partial charge is 0.398 e. The van der Waals surface area contributed by atoms with E-state index in [1.54, 1.807) is 18.1 Å². The molecule has 0 saturated heterocycles. The number of nitrogens with two attached hydrogens (primary N) is 1. The molecule has 2 aromatic rings. The van der Waals surface area contributed by atoms with Crippen LogP contribution in [0.2, 0.25) is 0 Å². The SMILES string of the molecule is Cc1cc(Sc2ccccc2N)ncn1. The molecule has 0 fully saturated rings. The van der Waals surface area contributed by atoms with E-state index in [4.69, 9.17) is 5.73 Å². The minimum absolute atomic E-state index is 0.777. The third-order valence-electron chi connectivity index (χ3n) is 1.91. The first-order chi connectivity index (χ1) is 7.25. The fraction of sp³-hybridized carbons (Fsp3) is 0.0909. The van der Waals surface area contributed by atoms with Gasteiger partial charge in [-0.05, 0) is 25.1 Å². The van der Waals surface area contributed by atoms with E-state index in [0.717, 1.165) is 21.3 Å². The number of benzene rings is 1. The summed E-state index contributed by atoms with van der Waals surface area (Å²) in [6.07, 6.45) is 1.57. The molecule has 2 N–H and O–H groups in total. The van der Waals surface area contributed by atoms with E-state index in [2.05, 4.69) is 9.97 Å². The van der Waals surface area contributed by atoms with Crippen LogP contribution in [0.5, 0.6) is 0 Å². The lowest BCUT2D eigenvalue weighted by atomic mass is 10.3. The van der Waals surface area contributed by atoms with Crippen molar-refractivity contribution in [3.8, 4) is 0 Å². The molecule has 0 spiro atoms. The number of aromatic nitrogens is 2. The zero-order valence-corrected chi connectivity index (χ0v) is 9.16. The van der Waals surface area contributed by atoms with Crippen molar-refractivity contribution in [3.63, 3.8) is 0 Å². The third kappa shape index (κ3) is 2.47. The lowest BCUT2D eigenvalue weighted by molar-refractivity contribution is 1.01. The number of nitrogens with zero attached hydrogens (tertiary/aromatic N) is 2. The molecule has 2 rings (SSSR count). The van der Waals surface area contributed by atoms with Gasteiger partial charge >= 0.3 is 0 Å². The quantitative estimate of drug-likeness (QED) is 0.620. The number of para-hydroxylation sites is 1. The van der Waals surface area contributed by atoms with Gasteiger partial charge in [0.1, 0.15) is 11.4 Å². The van der Waals surface area contributed by atoms with Crippen molar-refractivity contribution < 1.29 is 0 Å². The van der Waals surface area contributed by atoms with Crippen molar-refractivity contribution in [3.05, 3.63) is 42.4 Å². The molecule has 1 heterocycles. The predicted molar refractivity (Wildman–Crippen MR) is 61.7 cm³/mol. The molecule has 0 aliphatic carbocycles. The van der Waals surface area contributed by atoms with Gasteiger partial charge in [0.05, 0.1) is 0 Å². The molecule has 3 nitrogen and oxygen atoms in total. The Morgan fingerprint density at radius 3 is 2.73 bits per heavy atom. The van der Waals surface area contributed by atoms with Crippen LogP contribution in [-0.2, 0) is 0 Å². The first-order valence-corrected chi connectivity index (χ1v) is 5.38. The molecule has 1 aromatic carbocycles. The number of hydrogen-bond acceptors (Lipinski definition) is 4. The van der Waals surface area contributed by atoms with E-state index in [-0.39, 0.29) is 0 Å². The molecule has 0 amide bonds. The molecule has 0 bridgehead atoms. The Hall–Kier alpha value is -1.55. The van der Waals surface area contributed by atoms with Crippen LogP contribution in [0.25, 0.3) is 0 Å². The summed E-state index contributed by atoms with van der Waals surface area (Å²) in [5.41, 5.74) is 7.58. The second-order valence-corrected chi connectivity index (χ2v) is 4.20. The maximum atomic E-state index is 5.84. The first kappa shape index (κ1) is 9.98. The zero-order chi connectivity index (χ0) is 10.7. The Labute approximate surface area is 92.8 Å². The summed E-state index contributed by atoms with van der Waals surface area (Å²) in [7, 11) is 0. The molecular weight excluding hydrogens is 206 g/mol. The molecule has 0 unspecified atom stereocenters. The summed E-state index contributed by atoms with van der Waals surface area (Å²) in [4.78, 5) is 9.24. The van der Waals surface area contributed by atoms with Gasteiger partial charge in [-0.15, -0.1) is 0 Å². The Balaban J connectivity index is 2.26. The monoisotopic (exact) mass is 217 g/mol. The lowest BCUT2D eigenvalue weighted by Gasteiger charge is -2.03. The molecule has 76 valence electrons. The molecule has 1 aromatic heterocycles. The number of anilines is 1. The number of hydrogen-bond donors (Lipinski definition) is 1. The van der Waals surface area contributed by atoms with E-state index in [0.29, 0.717) is 0 Å². The van der Waals surface area contributed by atoms with Crippen molar-refractivity contribution in [1.82, 2.24) is 9.97 Å². The average Bonchev–Trinajstić information content (AvgIpc) is 2.22. The Morgan fingerprint density at radius 2 is 2.00 bits per heavy atom. The van der Waals surface area contributed by atoms with Gasteiger partial charge in [-0.3, -0.25) is 0 Å². The topological polar surface area (TPSA) is 51.8 Å². The molecule has 0 aliphatic rings. The standard InChI is InChI=1S/C11H11N3S/c1-8-6-11(14-7-13-8)15-10-5-3-2-4-9(10)12/h2-7H,12H2,1H3. The van der Waals surface area contributed by atoms with Crippen LogP contribution in [0.1, 0.15) is 5.69 Å². The van der Waals surface area contributed by atoms with Crippen molar-refractivity contribution in [2.75, 3.05) is 5.73 Å². The van der Waals surface area contributed by atoms with Crippen molar-refractivity contribution in [1.29, 1.82) is 0 Å². The van der Waals surface area contributed by atoms with Crippen LogP contribution < -0.4 is 5.73 Å². The third-order valence-corrected chi connectivity index (χ3v) is 2.94. The first-order valence-electron chi connectivity index (χ1n) is 4.57. The molecule has 0 saturated carbocycles. The van der Waals surface area contributed by atoms with Gasteiger partial charge in [-0.1, -0.05) is 23.9 Å². The molecule has 0 atom stereocenters. The minimum Gasteiger partial charge on any atom is -0.398 e. The molecular formula is C11H11N3S. The van der Waals surface area contributed by atoms with Crippen LogP contribution in [-0.4, -0.2) is 9.97 Å². The number of aryl methyl sites for hydroxylation is 1. The second kappa shape index (κ2) is 4.31. The van der Waals surface area contributed by atoms with E-state index in [1.807, 2.05) is 37.3 Å². The van der Waals surface area contributed by atoms with Crippen LogP contribution >= 0.6 is 11.8 Å². The summed E-state index contributed by atoms with van der Waals surface area (Å²) < 4.78 is 0. The van der Waals surface area contributed by atoms with Gasteiger partial charge in [0.2, 0.25) is 0 Å². The Morgan fingerprint density at radius 1 is 1.20 bits per heavy atom. The van der Waals surface area contributed by atoms with E-state index in [9.17, 15) is 0 Å². The van der Waals surface area contributed by atoms with Gasteiger partial charge in [0, 0.05) is 16.3 Å². The maximum absolute atomic E-state index is 5.84. The molecule has 0 radical (unpaired) electrons. The number of nitrogen functional groups attached to an aromatic ring is 1. The predicted octanol–water partition coefficient (Wildman–Crippen LogP) is 2.52. The summed E-state index contributed by atoms with van der Waals surface area (Å²) in [5.74, 6) is 0. The zero-order valence-electron chi connectivity index (χ0n) is 8.34. The van der Waals surface area contributed by atoms with Crippen LogP contribution in [0.4, 0.5) is 5.69 Å². The van der Waals surface area contributed by atoms with Crippen LogP contribution in [0, 0.1) is 6.92 Å². The van der Waals surface area contributed by atoms with Gasteiger partial charge in [-0.25, -0.2) is 9.97 Å². The van der Waals surface area contributed by atoms with E-state index in [1.165, 1.54) is 0 Å². The fourth-order valence-electron chi connectivity index (χ4n) is 1.17. The molecule has 4 heteroatoms. The summed E-state index contributed by atoms with van der Waals surface area (Å²) in [5, 5.41) is 0.917. The van der Waals surface area contributed by atoms with Gasteiger partial charge < -0.3 is 5.73 Å². The second-order valence-electron chi connectivity index (χ2n) is 3.14. The normalized spacial score (nSPS) is 10.2. The maximum Gasteiger partial charge on any atom is 0.116 e. The highest BCUT2D eigenvalue weighted by Crippen LogP contribution is 2.30. The van der Waals surface area contributed by atoms with Crippen LogP contribution in [0.15, 0.2) is 46.6 Å². The van der Waals surface area contributed by atoms with Crippen molar-refractivity contribution >= 4 is 17.4 Å². The average molecular weight is 217 g/mol. The van der Waals surface area contributed by atoms with E-state index >= 15 is 0 Å². The van der Waals surface area contributed by atoms with Crippen molar-refractivity contribution in [2.45, 2.75) is 16.8 Å². The smallest absolute Gasteiger partial charge is 0.116 e. The summed E-state index contributed by atoms with van der Waals surface area (Å²) in [6, 6.07) is 9.70. The minimum atomic E-state index is 0.777. The highest BCUT2D eigenvalue weighted by atomic mass is 32.2. The Bertz CT molecular complexity index is 471. The van der Waals surface area contributed by atoms with Gasteiger partial charge in [0.25, 0.3) is 0 Å². The highest BCUT2D eigenvalue weighted by molar-refractivity contribution is 7.99. The number of rotatable bonds is 2. The summed E-state index contributed by atoms with van der Waals surface area (Å²) in [6.45, 7) is 1.94. The van der Waals surface area contributed by atoms with Gasteiger partial charge in [0.15, 0.2) is 0 Å². The molecule has 0 aliphatic heterocycles. The lowest BCUT2D eigenvalue weighted by Crippen LogP contribution is -1.89. The highest BCUT2D eigenvalue weighted by Gasteiger charge is 2.02.